The molecular weight excluding hydrogens is 507 g/mol. The van der Waals surface area contributed by atoms with Gasteiger partial charge in [0.15, 0.2) is 5.96 Å². The number of rotatable bonds is 9. The largest absolute Gasteiger partial charge is 0.355 e. The fraction of sp³-hybridized carbons (Fsp3) is 0.435. The topological polar surface area (TPSA) is 56.7 Å². The van der Waals surface area contributed by atoms with Crippen LogP contribution >= 0.6 is 24.0 Å². The van der Waals surface area contributed by atoms with Crippen LogP contribution in [-0.4, -0.2) is 54.0 Å². The Kier molecular flexibility index (Phi) is 11.4. The van der Waals surface area contributed by atoms with E-state index in [1.54, 1.807) is 7.05 Å². The van der Waals surface area contributed by atoms with Crippen LogP contribution in [0.15, 0.2) is 65.7 Å². The van der Waals surface area contributed by atoms with Crippen LogP contribution in [0.4, 0.5) is 0 Å². The van der Waals surface area contributed by atoms with Gasteiger partial charge in [0.25, 0.3) is 0 Å². The summed E-state index contributed by atoms with van der Waals surface area (Å²) < 4.78 is 12.3. The third-order valence-corrected chi connectivity index (χ3v) is 6.56. The molecule has 2 aromatic carbocycles. The Morgan fingerprint density at radius 3 is 2.30 bits per heavy atom. The number of nitrogens with zero attached hydrogens (tertiary/aromatic N) is 2. The summed E-state index contributed by atoms with van der Waals surface area (Å²) in [5.41, 5.74) is 2.45. The minimum absolute atomic E-state index is 0. The number of hydrogen-bond donors (Lipinski definition) is 2. The molecule has 2 aromatic rings. The summed E-state index contributed by atoms with van der Waals surface area (Å²) in [6.07, 6.45) is 2.53. The van der Waals surface area contributed by atoms with Gasteiger partial charge in [-0.2, -0.15) is 0 Å². The fourth-order valence-corrected chi connectivity index (χ4v) is 4.75. The number of guanidine groups is 1. The highest BCUT2D eigenvalue weighted by atomic mass is 127. The van der Waals surface area contributed by atoms with Crippen molar-refractivity contribution in [3.63, 3.8) is 0 Å². The normalized spacial score (nSPS) is 16.5. The van der Waals surface area contributed by atoms with Gasteiger partial charge >= 0.3 is 0 Å². The maximum absolute atomic E-state index is 12.3. The zero-order chi connectivity index (χ0) is 20.3. The van der Waals surface area contributed by atoms with Gasteiger partial charge in [-0.25, -0.2) is 0 Å². The van der Waals surface area contributed by atoms with Gasteiger partial charge in [-0.1, -0.05) is 60.7 Å². The number of hydrogen-bond acceptors (Lipinski definition) is 3. The molecule has 1 aliphatic heterocycles. The quantitative estimate of drug-likeness (QED) is 0.290. The van der Waals surface area contributed by atoms with Crippen LogP contribution < -0.4 is 10.6 Å². The summed E-state index contributed by atoms with van der Waals surface area (Å²) in [5, 5.41) is 6.78. The standard InChI is InChI=1S/C23H32N4OS.HI/c1-24-23(25-14-17-29(28)19-20-10-4-2-5-11-20)26-18-22(27-15-8-9-16-27)21-12-6-3-7-13-21;/h2-7,10-13,22H,8-9,14-19H2,1H3,(H2,24,25,26);1H. The smallest absolute Gasteiger partial charge is 0.191 e. The highest BCUT2D eigenvalue weighted by Crippen LogP contribution is 2.24. The van der Waals surface area contributed by atoms with Crippen LogP contribution in [0.2, 0.25) is 0 Å². The second kappa shape index (κ2) is 13.8. The van der Waals surface area contributed by atoms with Gasteiger partial charge in [-0.3, -0.25) is 14.1 Å². The van der Waals surface area contributed by atoms with Crippen molar-refractivity contribution in [2.24, 2.45) is 4.99 Å². The summed E-state index contributed by atoms with van der Waals surface area (Å²) in [7, 11) is 0.894. The molecule has 1 saturated heterocycles. The summed E-state index contributed by atoms with van der Waals surface area (Å²) in [4.78, 5) is 6.88. The lowest BCUT2D eigenvalue weighted by Crippen LogP contribution is -2.43. The molecule has 2 atom stereocenters. The first-order valence-electron chi connectivity index (χ1n) is 10.4. The molecule has 164 valence electrons. The van der Waals surface area contributed by atoms with E-state index in [-0.39, 0.29) is 24.0 Å². The third-order valence-electron chi connectivity index (χ3n) is 5.24. The van der Waals surface area contributed by atoms with E-state index in [0.29, 0.717) is 24.1 Å². The van der Waals surface area contributed by atoms with E-state index >= 15 is 0 Å². The fourth-order valence-electron chi connectivity index (χ4n) is 3.72. The molecule has 1 heterocycles. The lowest BCUT2D eigenvalue weighted by molar-refractivity contribution is 0.245. The Morgan fingerprint density at radius 1 is 1.03 bits per heavy atom. The van der Waals surface area contributed by atoms with Gasteiger partial charge < -0.3 is 10.6 Å². The van der Waals surface area contributed by atoms with E-state index in [1.165, 1.54) is 18.4 Å². The Hall–Kier alpha value is -1.45. The molecule has 0 saturated carbocycles. The second-order valence-corrected chi connectivity index (χ2v) is 8.90. The van der Waals surface area contributed by atoms with E-state index in [4.69, 9.17) is 0 Å². The van der Waals surface area contributed by atoms with Gasteiger partial charge in [0.1, 0.15) is 0 Å². The lowest BCUT2D eigenvalue weighted by Gasteiger charge is -2.29. The number of benzene rings is 2. The molecule has 2 unspecified atom stereocenters. The van der Waals surface area contributed by atoms with Crippen LogP contribution in [0.5, 0.6) is 0 Å². The molecule has 0 aliphatic carbocycles. The Bertz CT molecular complexity index is 782. The number of aliphatic imine (C=N–C) groups is 1. The SMILES string of the molecule is CN=C(NCCS(=O)Cc1ccccc1)NCC(c1ccccc1)N1CCCC1.I. The monoisotopic (exact) mass is 540 g/mol. The van der Waals surface area contributed by atoms with Crippen molar-refractivity contribution in [3.8, 4) is 0 Å². The Morgan fingerprint density at radius 2 is 1.67 bits per heavy atom. The van der Waals surface area contributed by atoms with Gasteiger partial charge in [0, 0.05) is 42.4 Å². The van der Waals surface area contributed by atoms with Crippen molar-refractivity contribution in [1.29, 1.82) is 0 Å². The molecular formula is C23H33IN4OS. The maximum atomic E-state index is 12.3. The first-order chi connectivity index (χ1) is 14.3. The summed E-state index contributed by atoms with van der Waals surface area (Å²) in [6, 6.07) is 21.0. The van der Waals surface area contributed by atoms with E-state index in [0.717, 1.165) is 31.2 Å². The molecule has 3 rings (SSSR count). The van der Waals surface area contributed by atoms with Crippen molar-refractivity contribution in [1.82, 2.24) is 15.5 Å². The van der Waals surface area contributed by atoms with Crippen LogP contribution in [-0.2, 0) is 16.6 Å². The van der Waals surface area contributed by atoms with E-state index in [2.05, 4.69) is 50.9 Å². The molecule has 7 heteroatoms. The molecule has 1 fully saturated rings. The maximum Gasteiger partial charge on any atom is 0.191 e. The van der Waals surface area contributed by atoms with Crippen LogP contribution in [0.25, 0.3) is 0 Å². The minimum atomic E-state index is -0.887. The number of halogens is 1. The predicted octanol–water partition coefficient (Wildman–Crippen LogP) is 3.56. The molecule has 1 aliphatic rings. The van der Waals surface area contributed by atoms with E-state index in [1.807, 2.05) is 30.3 Å². The zero-order valence-corrected chi connectivity index (χ0v) is 20.8. The average Bonchev–Trinajstić information content (AvgIpc) is 3.28. The van der Waals surface area contributed by atoms with Gasteiger partial charge in [-0.15, -0.1) is 24.0 Å². The molecule has 0 amide bonds. The number of likely N-dealkylation sites (tertiary alicyclic amines) is 1. The van der Waals surface area contributed by atoms with E-state index < -0.39 is 10.8 Å². The van der Waals surface area contributed by atoms with Crippen molar-refractivity contribution in [2.45, 2.75) is 24.6 Å². The van der Waals surface area contributed by atoms with Crippen LogP contribution in [0.1, 0.15) is 30.0 Å². The highest BCUT2D eigenvalue weighted by Gasteiger charge is 2.23. The summed E-state index contributed by atoms with van der Waals surface area (Å²) in [5.74, 6) is 1.96. The Balaban J connectivity index is 0.00000320. The first-order valence-corrected chi connectivity index (χ1v) is 11.9. The number of nitrogens with one attached hydrogen (secondary N) is 2. The zero-order valence-electron chi connectivity index (χ0n) is 17.6. The van der Waals surface area contributed by atoms with Gasteiger partial charge in [0.2, 0.25) is 0 Å². The minimum Gasteiger partial charge on any atom is -0.355 e. The third kappa shape index (κ3) is 8.00. The molecule has 0 aromatic heterocycles. The van der Waals surface area contributed by atoms with Crippen molar-refractivity contribution in [3.05, 3.63) is 71.8 Å². The molecule has 0 spiro atoms. The lowest BCUT2D eigenvalue weighted by atomic mass is 10.1. The van der Waals surface area contributed by atoms with Crippen molar-refractivity contribution >= 4 is 40.7 Å². The van der Waals surface area contributed by atoms with Crippen molar-refractivity contribution < 1.29 is 4.21 Å². The van der Waals surface area contributed by atoms with Crippen molar-refractivity contribution in [2.75, 3.05) is 39.0 Å². The molecule has 5 nitrogen and oxygen atoms in total. The predicted molar refractivity (Wildman–Crippen MR) is 138 cm³/mol. The van der Waals surface area contributed by atoms with E-state index in [9.17, 15) is 4.21 Å². The van der Waals surface area contributed by atoms with Gasteiger partial charge in [0.05, 0.1) is 6.04 Å². The molecule has 30 heavy (non-hydrogen) atoms. The summed E-state index contributed by atoms with van der Waals surface area (Å²) >= 11 is 0. The average molecular weight is 541 g/mol. The second-order valence-electron chi connectivity index (χ2n) is 7.32. The molecule has 0 radical (unpaired) electrons. The first kappa shape index (κ1) is 24.8. The van der Waals surface area contributed by atoms with Crippen LogP contribution in [0, 0.1) is 0 Å². The molecule has 2 N–H and O–H groups in total. The molecule has 0 bridgehead atoms. The highest BCUT2D eigenvalue weighted by molar-refractivity contribution is 14.0. The van der Waals surface area contributed by atoms with Crippen LogP contribution in [0.3, 0.4) is 0 Å². The Labute approximate surface area is 200 Å². The van der Waals surface area contributed by atoms with Gasteiger partial charge in [-0.05, 0) is 37.1 Å². The summed E-state index contributed by atoms with van der Waals surface area (Å²) in [6.45, 7) is 3.73.